The van der Waals surface area contributed by atoms with Crippen molar-refractivity contribution in [3.05, 3.63) is 77.3 Å². The van der Waals surface area contributed by atoms with Crippen molar-refractivity contribution in [1.82, 2.24) is 4.98 Å². The number of hydrogen-bond acceptors (Lipinski definition) is 2. The molecule has 0 saturated carbocycles. The van der Waals surface area contributed by atoms with Gasteiger partial charge in [0.1, 0.15) is 0 Å². The summed E-state index contributed by atoms with van der Waals surface area (Å²) in [5.41, 5.74) is 4.96. The number of nitrogens with zero attached hydrogens (tertiary/aromatic N) is 1. The summed E-state index contributed by atoms with van der Waals surface area (Å²) in [5, 5.41) is 6.33. The molecular weight excluding hydrogens is 322 g/mol. The summed E-state index contributed by atoms with van der Waals surface area (Å²) < 4.78 is 1.31. The number of benzene rings is 4. The average molecular weight is 339 g/mol. The van der Waals surface area contributed by atoms with Gasteiger partial charge >= 0.3 is 0 Å². The molecule has 2 heteroatoms. The molecule has 0 fully saturated rings. The summed E-state index contributed by atoms with van der Waals surface area (Å²) in [6.45, 7) is 4.29. The lowest BCUT2D eigenvalue weighted by Gasteiger charge is -2.10. The second-order valence-corrected chi connectivity index (χ2v) is 7.74. The number of hydrogen-bond donors (Lipinski definition) is 0. The minimum absolute atomic E-state index is 1.12. The van der Waals surface area contributed by atoms with Gasteiger partial charge in [0, 0.05) is 10.8 Å². The Hall–Kier alpha value is -2.71. The van der Waals surface area contributed by atoms with E-state index in [1.807, 2.05) is 0 Å². The zero-order valence-electron chi connectivity index (χ0n) is 14.2. The lowest BCUT2D eigenvalue weighted by molar-refractivity contribution is 1.35. The van der Waals surface area contributed by atoms with Crippen LogP contribution in [0.4, 0.5) is 0 Å². The van der Waals surface area contributed by atoms with E-state index >= 15 is 0 Å². The van der Waals surface area contributed by atoms with Crippen LogP contribution in [0.3, 0.4) is 0 Å². The third-order valence-electron chi connectivity index (χ3n) is 4.91. The molecule has 0 N–H and O–H groups in total. The van der Waals surface area contributed by atoms with Crippen LogP contribution in [0.5, 0.6) is 0 Å². The Balaban J connectivity index is 1.98. The van der Waals surface area contributed by atoms with Gasteiger partial charge in [-0.3, -0.25) is 0 Å². The summed E-state index contributed by atoms with van der Waals surface area (Å²) >= 11 is 1.80. The quantitative estimate of drug-likeness (QED) is 0.303. The van der Waals surface area contributed by atoms with Gasteiger partial charge < -0.3 is 0 Å². The highest BCUT2D eigenvalue weighted by Gasteiger charge is 2.14. The summed E-state index contributed by atoms with van der Waals surface area (Å²) in [6, 6.07) is 24.0. The molecule has 0 atom stereocenters. The zero-order chi connectivity index (χ0) is 17.0. The fraction of sp³-hybridized carbons (Fsp3) is 0.0870. The molecule has 120 valence electrons. The minimum atomic E-state index is 1.12. The van der Waals surface area contributed by atoms with Gasteiger partial charge in [-0.05, 0) is 47.4 Å². The Morgan fingerprint density at radius 3 is 2.40 bits per heavy atom. The number of aromatic nitrogens is 1. The fourth-order valence-corrected chi connectivity index (χ4v) is 4.81. The molecule has 0 unspecified atom stereocenters. The molecular formula is C23H17NS. The Kier molecular flexibility index (Phi) is 3.16. The molecule has 0 aliphatic heterocycles. The van der Waals surface area contributed by atoms with E-state index in [0.29, 0.717) is 0 Å². The maximum atomic E-state index is 4.85. The topological polar surface area (TPSA) is 12.9 Å². The number of thiazole rings is 1. The standard InChI is InChI=1S/C23H17NS/c1-14-7-6-10-18-20-13-17(16-8-4-3-5-9-16)11-12-19(20)22-23(21(14)18)25-15(2)24-22/h3-13H,1-2H3. The van der Waals surface area contributed by atoms with Gasteiger partial charge in [-0.15, -0.1) is 11.3 Å². The highest BCUT2D eigenvalue weighted by atomic mass is 32.1. The normalized spacial score (nSPS) is 11.6. The maximum absolute atomic E-state index is 4.85. The first kappa shape index (κ1) is 14.6. The van der Waals surface area contributed by atoms with E-state index in [9.17, 15) is 0 Å². The van der Waals surface area contributed by atoms with E-state index < -0.39 is 0 Å². The minimum Gasteiger partial charge on any atom is -0.241 e. The van der Waals surface area contributed by atoms with E-state index in [1.54, 1.807) is 11.3 Å². The summed E-state index contributed by atoms with van der Waals surface area (Å²) in [4.78, 5) is 4.85. The molecule has 0 bridgehead atoms. The monoisotopic (exact) mass is 339 g/mol. The third kappa shape index (κ3) is 2.18. The second-order valence-electron chi connectivity index (χ2n) is 6.53. The first-order valence-electron chi connectivity index (χ1n) is 8.50. The van der Waals surface area contributed by atoms with Crippen molar-refractivity contribution in [1.29, 1.82) is 0 Å². The van der Waals surface area contributed by atoms with Crippen LogP contribution in [0, 0.1) is 13.8 Å². The van der Waals surface area contributed by atoms with Crippen molar-refractivity contribution >= 4 is 43.1 Å². The molecule has 0 spiro atoms. The van der Waals surface area contributed by atoms with Crippen molar-refractivity contribution in [2.24, 2.45) is 0 Å². The third-order valence-corrected chi connectivity index (χ3v) is 5.89. The molecule has 0 amide bonds. The lowest BCUT2D eigenvalue weighted by Crippen LogP contribution is -1.85. The number of rotatable bonds is 1. The van der Waals surface area contributed by atoms with Crippen LogP contribution in [0.15, 0.2) is 66.7 Å². The molecule has 1 nitrogen and oxygen atoms in total. The molecule has 0 radical (unpaired) electrons. The summed E-state index contributed by atoms with van der Waals surface area (Å²) in [7, 11) is 0. The van der Waals surface area contributed by atoms with Gasteiger partial charge in [0.15, 0.2) is 0 Å². The van der Waals surface area contributed by atoms with Gasteiger partial charge in [-0.1, -0.05) is 60.7 Å². The van der Waals surface area contributed by atoms with Crippen LogP contribution in [0.25, 0.3) is 42.9 Å². The predicted molar refractivity (Wildman–Crippen MR) is 110 cm³/mol. The molecule has 0 saturated heterocycles. The molecule has 1 heterocycles. The maximum Gasteiger partial charge on any atom is 0.0908 e. The van der Waals surface area contributed by atoms with Crippen LogP contribution in [0.2, 0.25) is 0 Å². The molecule has 5 rings (SSSR count). The van der Waals surface area contributed by atoms with Crippen molar-refractivity contribution in [2.75, 3.05) is 0 Å². The van der Waals surface area contributed by atoms with E-state index in [0.717, 1.165) is 10.5 Å². The van der Waals surface area contributed by atoms with Crippen LogP contribution >= 0.6 is 11.3 Å². The van der Waals surface area contributed by atoms with Crippen LogP contribution in [0.1, 0.15) is 10.6 Å². The molecule has 5 aromatic rings. The smallest absolute Gasteiger partial charge is 0.0908 e. The van der Waals surface area contributed by atoms with E-state index in [1.165, 1.54) is 42.9 Å². The van der Waals surface area contributed by atoms with Gasteiger partial charge in [0.05, 0.1) is 15.2 Å². The molecule has 1 aromatic heterocycles. The fourth-order valence-electron chi connectivity index (χ4n) is 3.76. The van der Waals surface area contributed by atoms with Crippen molar-refractivity contribution in [3.8, 4) is 11.1 Å². The molecule has 0 aliphatic rings. The highest BCUT2D eigenvalue weighted by molar-refractivity contribution is 7.19. The number of fused-ring (bicyclic) bond motifs is 6. The first-order chi connectivity index (χ1) is 12.2. The van der Waals surface area contributed by atoms with Gasteiger partial charge in [0.25, 0.3) is 0 Å². The predicted octanol–water partition coefficient (Wildman–Crippen LogP) is 6.89. The van der Waals surface area contributed by atoms with Gasteiger partial charge in [0.2, 0.25) is 0 Å². The Bertz CT molecular complexity index is 1250. The molecule has 0 aliphatic carbocycles. The number of aryl methyl sites for hydroxylation is 2. The van der Waals surface area contributed by atoms with Gasteiger partial charge in [-0.25, -0.2) is 4.98 Å². The van der Waals surface area contributed by atoms with E-state index in [4.69, 9.17) is 4.98 Å². The highest BCUT2D eigenvalue weighted by Crippen LogP contribution is 2.40. The SMILES string of the molecule is Cc1nc2c3ccc(-c4ccccc4)cc3c3cccc(C)c3c2s1. The van der Waals surface area contributed by atoms with Crippen LogP contribution in [-0.4, -0.2) is 4.98 Å². The zero-order valence-corrected chi connectivity index (χ0v) is 15.0. The molecule has 4 aromatic carbocycles. The van der Waals surface area contributed by atoms with Crippen molar-refractivity contribution in [3.63, 3.8) is 0 Å². The Labute approximate surface area is 150 Å². The lowest BCUT2D eigenvalue weighted by atomic mass is 9.95. The van der Waals surface area contributed by atoms with Crippen LogP contribution in [-0.2, 0) is 0 Å². The van der Waals surface area contributed by atoms with E-state index in [-0.39, 0.29) is 0 Å². The van der Waals surface area contributed by atoms with Crippen molar-refractivity contribution < 1.29 is 0 Å². The average Bonchev–Trinajstić information content (AvgIpc) is 3.03. The largest absolute Gasteiger partial charge is 0.241 e. The Morgan fingerprint density at radius 2 is 1.56 bits per heavy atom. The summed E-state index contributed by atoms with van der Waals surface area (Å²) in [6.07, 6.45) is 0. The Morgan fingerprint density at radius 1 is 0.720 bits per heavy atom. The summed E-state index contributed by atoms with van der Waals surface area (Å²) in [5.74, 6) is 0. The van der Waals surface area contributed by atoms with Gasteiger partial charge in [-0.2, -0.15) is 0 Å². The van der Waals surface area contributed by atoms with Crippen LogP contribution < -0.4 is 0 Å². The van der Waals surface area contributed by atoms with Crippen molar-refractivity contribution in [2.45, 2.75) is 13.8 Å². The van der Waals surface area contributed by atoms with E-state index in [2.05, 4.69) is 80.6 Å². The first-order valence-corrected chi connectivity index (χ1v) is 9.31. The molecule has 25 heavy (non-hydrogen) atoms. The second kappa shape index (κ2) is 5.40.